The fourth-order valence-corrected chi connectivity index (χ4v) is 16.9. The molecule has 0 amide bonds. The van der Waals surface area contributed by atoms with Gasteiger partial charge in [-0.05, 0) is 119 Å². The first kappa shape index (κ1) is 68.9. The van der Waals surface area contributed by atoms with E-state index in [0.29, 0.717) is 44.9 Å². The number of methoxy groups -OCH3 is 2. The summed E-state index contributed by atoms with van der Waals surface area (Å²) >= 11 is -3.17. The molecule has 12 unspecified atom stereocenters. The standard InChI is InChI=1S/C56H92O24S.Na/c1-26(2)12-11-16-54(8,72-10)56(68)19-18-53(7)30-13-14-35-51(4,5)28(15-17-52(35,6)31(30)22-36(61)55(53,56)25-59)20-29-21-32(60)44(80-81(69)70)50(74-29)79-47-40(65)38(63)43(27(3)73-47)77-48-41(66)39(64)45(34(24-58)76-48)78-49-42(67)46(71-9)37(62)33(23-57)75-49;/h22,25,27-30,32-50,57-58,60-68H,1,11-21,23-24H2,2-10H3,(H,69,70);/q;+1/p-1/t27?,28-,29?,30?,32-,33?,34?,35?,36+,37+,38-,39-,40+,41+,42+,43?,44?,45+,46+,47?,48?,49+,50?,52-,53+,54+,55+,56+;/m1./s1. The Labute approximate surface area is 504 Å². The maximum absolute atomic E-state index is 13.8. The van der Waals surface area contributed by atoms with Crippen LogP contribution in [0.5, 0.6) is 0 Å². The molecule has 0 aromatic rings. The predicted octanol–water partition coefficient (Wildman–Crippen LogP) is -3.18. The molecule has 4 aliphatic heterocycles. The Kier molecular flexibility index (Phi) is 22.2. The van der Waals surface area contributed by atoms with Crippen LogP contribution in [0.15, 0.2) is 23.8 Å². The van der Waals surface area contributed by atoms with E-state index >= 15 is 0 Å². The van der Waals surface area contributed by atoms with Crippen molar-refractivity contribution in [3.63, 3.8) is 0 Å². The first-order chi connectivity index (χ1) is 38.0. The topological polar surface area (TPSA) is 372 Å². The molecule has 466 valence electrons. The summed E-state index contributed by atoms with van der Waals surface area (Å²) in [7, 11) is 2.76. The Balaban J connectivity index is 0.00000968. The van der Waals surface area contributed by atoms with Crippen molar-refractivity contribution in [2.75, 3.05) is 27.4 Å². The van der Waals surface area contributed by atoms with Crippen LogP contribution in [0.4, 0.5) is 0 Å². The van der Waals surface area contributed by atoms with E-state index in [2.05, 4.69) is 34.3 Å². The van der Waals surface area contributed by atoms with Gasteiger partial charge in [0, 0.05) is 20.6 Å². The quantitative estimate of drug-likeness (QED) is 0.0248. The molecule has 26 heteroatoms. The molecule has 3 saturated carbocycles. The first-order valence-corrected chi connectivity index (χ1v) is 29.6. The van der Waals surface area contributed by atoms with Crippen LogP contribution >= 0.6 is 0 Å². The van der Waals surface area contributed by atoms with Gasteiger partial charge >= 0.3 is 29.6 Å². The van der Waals surface area contributed by atoms with E-state index < -0.39 is 175 Å². The number of rotatable bonds is 20. The van der Waals surface area contributed by atoms with E-state index in [1.807, 2.05) is 19.9 Å². The van der Waals surface area contributed by atoms with Crippen LogP contribution < -0.4 is 29.6 Å². The van der Waals surface area contributed by atoms with Gasteiger partial charge in [-0.25, -0.2) is 4.21 Å². The molecule has 4 heterocycles. The smallest absolute Gasteiger partial charge is 0.750 e. The minimum atomic E-state index is -3.17. The van der Waals surface area contributed by atoms with Crippen LogP contribution in [-0.4, -0.2) is 233 Å². The van der Waals surface area contributed by atoms with Gasteiger partial charge < -0.3 is 108 Å². The van der Waals surface area contributed by atoms with E-state index in [-0.39, 0.29) is 65.6 Å². The first-order valence-electron chi connectivity index (χ1n) is 28.6. The molecule has 0 bridgehead atoms. The average molecular weight is 1200 g/mol. The van der Waals surface area contributed by atoms with E-state index in [9.17, 15) is 69.7 Å². The molecule has 8 rings (SSSR count). The van der Waals surface area contributed by atoms with Gasteiger partial charge in [0.1, 0.15) is 79.0 Å². The molecule has 4 aliphatic carbocycles. The SMILES string of the molecule is C=C(C)CCC[C@](C)(OC)[C@@]1(O)CC[C@@]2(C)C3CCC4C(C)(C)[C@@H](CC5C[C@@H](O)C(OS(=O)[O-])C(OC6OC(C)C(OC7OC(CO)[C@H](O[C@@H]8OC(CO)[C@H](O)[C@H](OC)[C@@H]8O)[C@H](O)[C@@H]7O)[C@H](O)[C@@H]6O)O5)CC[C@]4(C)C3=C[C@H](O)[C@]12C=O.[Na+]. The zero-order valence-corrected chi connectivity index (χ0v) is 51.8. The van der Waals surface area contributed by atoms with E-state index in [4.69, 9.17) is 46.8 Å². The van der Waals surface area contributed by atoms with Crippen LogP contribution in [0.1, 0.15) is 119 Å². The summed E-state index contributed by atoms with van der Waals surface area (Å²) in [6.07, 6.45) is -22.6. The van der Waals surface area contributed by atoms with Crippen molar-refractivity contribution in [1.82, 2.24) is 0 Å². The molecular formula is C56H91NaO24S. The minimum absolute atomic E-state index is 0. The summed E-state index contributed by atoms with van der Waals surface area (Å²) in [5.74, 6) is -0.0470. The molecule has 7 fully saturated rings. The van der Waals surface area contributed by atoms with Gasteiger partial charge in [-0.1, -0.05) is 44.9 Å². The number of hydrogen-bond donors (Lipinski definition) is 11. The van der Waals surface area contributed by atoms with Crippen molar-refractivity contribution < 1.29 is 146 Å². The molecule has 82 heavy (non-hydrogen) atoms. The summed E-state index contributed by atoms with van der Waals surface area (Å²) in [5.41, 5.74) is -3.83. The van der Waals surface area contributed by atoms with Gasteiger partial charge in [0.05, 0.1) is 60.0 Å². The van der Waals surface area contributed by atoms with Gasteiger partial charge in [0.15, 0.2) is 31.3 Å². The summed E-state index contributed by atoms with van der Waals surface area (Å²) < 4.78 is 81.9. The number of aliphatic hydroxyl groups excluding tert-OH is 10. The van der Waals surface area contributed by atoms with Gasteiger partial charge in [0.25, 0.3) is 0 Å². The Morgan fingerprint density at radius 1 is 0.793 bits per heavy atom. The minimum Gasteiger partial charge on any atom is -0.750 e. The van der Waals surface area contributed by atoms with Gasteiger partial charge in [-0.3, -0.25) is 4.18 Å². The molecule has 8 aliphatic rings. The van der Waals surface area contributed by atoms with Crippen LogP contribution in [0, 0.1) is 39.4 Å². The summed E-state index contributed by atoms with van der Waals surface area (Å²) in [6.45, 7) is 16.4. The summed E-state index contributed by atoms with van der Waals surface area (Å²) in [4.78, 5) is 13.8. The second kappa shape index (κ2) is 26.5. The zero-order chi connectivity index (χ0) is 59.7. The molecule has 29 atom stereocenters. The zero-order valence-electron chi connectivity index (χ0n) is 49.0. The Hall–Kier alpha value is -0.580. The molecule has 24 nitrogen and oxygen atoms in total. The summed E-state index contributed by atoms with van der Waals surface area (Å²) in [6, 6.07) is 0. The van der Waals surface area contributed by atoms with Gasteiger partial charge in [0.2, 0.25) is 0 Å². The number of allylic oxidation sites excluding steroid dienone is 2. The van der Waals surface area contributed by atoms with Crippen molar-refractivity contribution in [2.45, 2.75) is 253 Å². The Morgan fingerprint density at radius 3 is 2.00 bits per heavy atom. The Morgan fingerprint density at radius 2 is 1.40 bits per heavy atom. The maximum Gasteiger partial charge on any atom is 1.00 e. The van der Waals surface area contributed by atoms with Crippen LogP contribution in [0.2, 0.25) is 0 Å². The number of carbonyl (C=O) groups is 1. The van der Waals surface area contributed by atoms with Crippen LogP contribution in [0.3, 0.4) is 0 Å². The largest absolute Gasteiger partial charge is 1.00 e. The second-order valence-corrected chi connectivity index (χ2v) is 26.4. The fraction of sp³-hybridized carbons (Fsp3) is 0.911. The van der Waals surface area contributed by atoms with Gasteiger partial charge in [-0.2, -0.15) is 0 Å². The monoisotopic (exact) mass is 1200 g/mol. The Bertz CT molecular complexity index is 2250. The second-order valence-electron chi connectivity index (χ2n) is 25.8. The number of aliphatic hydroxyl groups is 11. The maximum atomic E-state index is 13.8. The number of aldehydes is 1. The molecule has 0 aromatic carbocycles. The van der Waals surface area contributed by atoms with Crippen molar-refractivity contribution in [3.05, 3.63) is 23.8 Å². The van der Waals surface area contributed by atoms with Crippen LogP contribution in [-0.2, 0) is 63.0 Å². The third-order valence-corrected chi connectivity index (χ3v) is 21.6. The third kappa shape index (κ3) is 11.8. The van der Waals surface area contributed by atoms with Crippen molar-refractivity contribution >= 4 is 17.6 Å². The van der Waals surface area contributed by atoms with Crippen molar-refractivity contribution in [1.29, 1.82) is 0 Å². The average Bonchev–Trinajstić information content (AvgIpc) is 3.67. The number of fused-ring (bicyclic) bond motifs is 5. The molecule has 0 radical (unpaired) electrons. The van der Waals surface area contributed by atoms with Gasteiger partial charge in [-0.15, -0.1) is 6.58 Å². The number of ether oxygens (including phenoxy) is 9. The van der Waals surface area contributed by atoms with E-state index in [1.54, 1.807) is 7.11 Å². The van der Waals surface area contributed by atoms with Crippen LogP contribution in [0.25, 0.3) is 0 Å². The predicted molar refractivity (Wildman–Crippen MR) is 281 cm³/mol. The molecule has 11 N–H and O–H groups in total. The van der Waals surface area contributed by atoms with E-state index in [0.717, 1.165) is 30.3 Å². The molecule has 4 saturated heterocycles. The molecule has 0 spiro atoms. The third-order valence-electron chi connectivity index (χ3n) is 21.2. The molecule has 0 aromatic heterocycles. The molecular weight excluding hydrogens is 1110 g/mol. The number of hydrogen-bond acceptors (Lipinski definition) is 24. The fourth-order valence-electron chi connectivity index (χ4n) is 16.5. The van der Waals surface area contributed by atoms with Crippen molar-refractivity contribution in [3.8, 4) is 0 Å². The number of carbonyl (C=O) groups excluding carboxylic acids is 1. The van der Waals surface area contributed by atoms with E-state index in [1.165, 1.54) is 14.0 Å². The van der Waals surface area contributed by atoms with Crippen molar-refractivity contribution in [2.24, 2.45) is 39.4 Å². The summed E-state index contributed by atoms with van der Waals surface area (Å²) in [5, 5.41) is 124. The normalized spacial score (nSPS) is 49.4.